The number of alkyl carbamates (subject to hydrolysis) is 1. The van der Waals surface area contributed by atoms with Crippen LogP contribution in [-0.4, -0.2) is 104 Å². The number of nitrogens with zero attached hydrogens (tertiary/aromatic N) is 2. The molecule has 4 fully saturated rings. The van der Waals surface area contributed by atoms with Gasteiger partial charge < -0.3 is 46.7 Å². The Bertz CT molecular complexity index is 2100. The van der Waals surface area contributed by atoms with Gasteiger partial charge in [-0.05, 0) is 36.0 Å². The van der Waals surface area contributed by atoms with Crippen molar-refractivity contribution >= 4 is 29.2 Å². The summed E-state index contributed by atoms with van der Waals surface area (Å²) in [5, 5.41) is 2.58. The third kappa shape index (κ3) is 8.73. The molecule has 0 radical (unpaired) electrons. The SMILES string of the molecule is CC(=O)OC[C@H]1O[C@@H](n2cc(CNC(=O)O[C@@H]3[C@@H]4O[Si](C(C)C)(C(C)C)O[Si](C(C)C)(C(C)C)OC[C@H]4O[C@H]3n3ccc(=O)[nH]c3=O)c(=O)[nH]c2=O)[C@@H]2OC(C)(C)O[C@@H]21. The molecule has 4 saturated heterocycles. The van der Waals surface area contributed by atoms with Gasteiger partial charge in [0.05, 0.1) is 18.7 Å². The van der Waals surface area contributed by atoms with E-state index >= 15 is 0 Å². The molecule has 0 aromatic carbocycles. The van der Waals surface area contributed by atoms with Gasteiger partial charge in [-0.15, -0.1) is 0 Å². The summed E-state index contributed by atoms with van der Waals surface area (Å²) in [4.78, 5) is 81.4. The number of carbonyl (C=O) groups is 2. The maximum absolute atomic E-state index is 13.8. The van der Waals surface area contributed by atoms with Gasteiger partial charge in [-0.3, -0.25) is 33.5 Å². The number of hydrogen-bond donors (Lipinski definition) is 3. The van der Waals surface area contributed by atoms with Crippen molar-refractivity contribution in [3.05, 3.63) is 65.7 Å². The van der Waals surface area contributed by atoms with Crippen LogP contribution in [0.25, 0.3) is 0 Å². The molecular weight excluding hydrogens is 811 g/mol. The zero-order valence-electron chi connectivity index (χ0n) is 35.3. The van der Waals surface area contributed by atoms with E-state index in [0.717, 1.165) is 15.2 Å². The molecule has 8 atom stereocenters. The van der Waals surface area contributed by atoms with E-state index in [1.165, 1.54) is 19.3 Å². The van der Waals surface area contributed by atoms with Gasteiger partial charge in [0.15, 0.2) is 24.3 Å². The highest BCUT2D eigenvalue weighted by Gasteiger charge is 2.63. The van der Waals surface area contributed by atoms with Crippen molar-refractivity contribution in [2.75, 3.05) is 13.2 Å². The quantitative estimate of drug-likeness (QED) is 0.217. The van der Waals surface area contributed by atoms with Gasteiger partial charge >= 0.3 is 40.6 Å². The van der Waals surface area contributed by atoms with Crippen LogP contribution in [0.1, 0.15) is 94.2 Å². The predicted molar refractivity (Wildman–Crippen MR) is 212 cm³/mol. The molecule has 1 amide bonds. The Labute approximate surface area is 342 Å². The van der Waals surface area contributed by atoms with Crippen LogP contribution in [0.4, 0.5) is 4.79 Å². The van der Waals surface area contributed by atoms with Gasteiger partial charge in [0.25, 0.3) is 11.1 Å². The number of H-pyrrole nitrogens is 2. The van der Waals surface area contributed by atoms with E-state index in [1.54, 1.807) is 13.8 Å². The van der Waals surface area contributed by atoms with E-state index in [9.17, 15) is 28.8 Å². The number of nitrogens with one attached hydrogen (secondary N) is 3. The summed E-state index contributed by atoms with van der Waals surface area (Å²) >= 11 is 0. The zero-order valence-corrected chi connectivity index (χ0v) is 37.3. The highest BCUT2D eigenvalue weighted by atomic mass is 28.5. The molecule has 4 aliphatic rings. The van der Waals surface area contributed by atoms with Gasteiger partial charge in [-0.2, -0.15) is 0 Å². The second kappa shape index (κ2) is 17.0. The summed E-state index contributed by atoms with van der Waals surface area (Å²) in [6, 6.07) is 1.15. The van der Waals surface area contributed by atoms with Crippen molar-refractivity contribution in [2.45, 2.75) is 160 Å². The number of fused-ring (bicyclic) bond motifs is 2. The first-order chi connectivity index (χ1) is 27.6. The fourth-order valence-corrected chi connectivity index (χ4v) is 19.7. The molecule has 0 bridgehead atoms. The Morgan fingerprint density at radius 1 is 0.864 bits per heavy atom. The van der Waals surface area contributed by atoms with Crippen LogP contribution in [0.3, 0.4) is 0 Å². The minimum atomic E-state index is -3.28. The Morgan fingerprint density at radius 3 is 2.10 bits per heavy atom. The van der Waals surface area contributed by atoms with Crippen LogP contribution < -0.4 is 27.8 Å². The van der Waals surface area contributed by atoms with E-state index in [1.807, 2.05) is 27.7 Å². The van der Waals surface area contributed by atoms with Gasteiger partial charge in [0.1, 0.15) is 37.1 Å². The lowest BCUT2D eigenvalue weighted by atomic mass is 10.1. The van der Waals surface area contributed by atoms with Crippen molar-refractivity contribution in [3.8, 4) is 0 Å². The molecular formula is C37H57N5O15Si2. The van der Waals surface area contributed by atoms with Crippen molar-refractivity contribution in [2.24, 2.45) is 0 Å². The first kappa shape index (κ1) is 44.8. The molecule has 6 rings (SSSR count). The first-order valence-electron chi connectivity index (χ1n) is 20.0. The summed E-state index contributed by atoms with van der Waals surface area (Å²) in [6.45, 7) is 20.5. The topological polar surface area (TPSA) is 239 Å². The molecule has 22 heteroatoms. The summed E-state index contributed by atoms with van der Waals surface area (Å²) in [7, 11) is -6.28. The smallest absolute Gasteiger partial charge is 0.407 e. The molecule has 6 heterocycles. The van der Waals surface area contributed by atoms with E-state index in [2.05, 4.69) is 43.0 Å². The third-order valence-electron chi connectivity index (χ3n) is 11.3. The highest BCUT2D eigenvalue weighted by molar-refractivity contribution is 6.84. The summed E-state index contributed by atoms with van der Waals surface area (Å²) in [6.07, 6.45) is -6.28. The maximum atomic E-state index is 13.8. The zero-order chi connectivity index (χ0) is 43.4. The fourth-order valence-electron chi connectivity index (χ4n) is 8.49. The number of aromatic amines is 2. The highest BCUT2D eigenvalue weighted by Crippen LogP contribution is 2.49. The van der Waals surface area contributed by atoms with Crippen molar-refractivity contribution in [1.29, 1.82) is 0 Å². The van der Waals surface area contributed by atoms with Crippen LogP contribution >= 0.6 is 0 Å². The molecule has 0 spiro atoms. The third-order valence-corrected chi connectivity index (χ3v) is 21.5. The van der Waals surface area contributed by atoms with Crippen LogP contribution in [0.2, 0.25) is 22.2 Å². The minimum Gasteiger partial charge on any atom is -0.463 e. The number of aromatic nitrogens is 4. The largest absolute Gasteiger partial charge is 0.463 e. The van der Waals surface area contributed by atoms with E-state index in [-0.39, 0.29) is 40.9 Å². The average molecular weight is 868 g/mol. The number of ether oxygens (including phenoxy) is 6. The monoisotopic (exact) mass is 867 g/mol. The molecule has 328 valence electrons. The van der Waals surface area contributed by atoms with E-state index in [4.69, 9.17) is 41.4 Å². The van der Waals surface area contributed by atoms with Gasteiger partial charge in [0.2, 0.25) is 0 Å². The molecule has 0 saturated carbocycles. The van der Waals surface area contributed by atoms with Gasteiger partial charge in [-0.25, -0.2) is 14.4 Å². The van der Waals surface area contributed by atoms with Gasteiger partial charge in [-0.1, -0.05) is 55.4 Å². The Morgan fingerprint density at radius 2 is 1.49 bits per heavy atom. The summed E-state index contributed by atoms with van der Waals surface area (Å²) in [5.41, 5.74) is -3.18. The Balaban J connectivity index is 1.29. The maximum Gasteiger partial charge on any atom is 0.407 e. The van der Waals surface area contributed by atoms with Crippen molar-refractivity contribution < 1.29 is 51.0 Å². The van der Waals surface area contributed by atoms with Gasteiger partial charge in [0, 0.05) is 25.4 Å². The lowest BCUT2D eigenvalue weighted by Gasteiger charge is -2.51. The standard InChI is InChI=1S/C37H57N5O15Si2/c1-18(2)58(19(3)4)50-17-25-28(56-59(57-58,20(5)6)21(7)8)29(32(52-25)41-13-12-26(44)39-34(41)46)53-36(48)38-14-23-15-42(35(47)40-31(23)45)33-30-27(54-37(10,11)55-30)24(51-33)16-49-22(9)43/h12-13,15,18-21,24-25,27-30,32-33H,14,16-17H2,1-11H3,(H,38,48)(H,39,44,46)(H,40,45,47)/t24-,25-,27-,28-,29-,30-,32-,33-/m1/s1. The lowest BCUT2D eigenvalue weighted by Crippen LogP contribution is -2.66. The second-order valence-corrected chi connectivity index (χ2v) is 26.0. The van der Waals surface area contributed by atoms with Crippen LogP contribution in [-0.2, 0) is 52.7 Å². The van der Waals surface area contributed by atoms with Crippen LogP contribution in [0.5, 0.6) is 0 Å². The number of esters is 1. The molecule has 59 heavy (non-hydrogen) atoms. The summed E-state index contributed by atoms with van der Waals surface area (Å²) < 4.78 is 59.4. The molecule has 3 N–H and O–H groups in total. The van der Waals surface area contributed by atoms with Crippen molar-refractivity contribution in [1.82, 2.24) is 24.4 Å². The molecule has 2 aromatic rings. The minimum absolute atomic E-state index is 0.0136. The molecule has 0 aliphatic carbocycles. The second-order valence-electron chi connectivity index (χ2n) is 17.1. The number of rotatable bonds is 11. The summed E-state index contributed by atoms with van der Waals surface area (Å²) in [5.74, 6) is -1.58. The van der Waals surface area contributed by atoms with E-state index < -0.39 is 113 Å². The number of carbonyl (C=O) groups excluding carboxylic acids is 2. The Hall–Kier alpha value is -3.75. The Kier molecular flexibility index (Phi) is 12.9. The molecule has 20 nitrogen and oxygen atoms in total. The normalized spacial score (nSPS) is 29.6. The number of hydrogen-bond acceptors (Lipinski definition) is 15. The van der Waals surface area contributed by atoms with E-state index in [0.29, 0.717) is 0 Å². The molecule has 2 aromatic heterocycles. The van der Waals surface area contributed by atoms with Crippen LogP contribution in [0, 0.1) is 0 Å². The predicted octanol–water partition coefficient (Wildman–Crippen LogP) is 2.52. The van der Waals surface area contributed by atoms with Crippen LogP contribution in [0.15, 0.2) is 37.6 Å². The fraction of sp³-hybridized carbons (Fsp3) is 0.730. The van der Waals surface area contributed by atoms with Crippen molar-refractivity contribution in [3.63, 3.8) is 0 Å². The first-order valence-corrected chi connectivity index (χ1v) is 24.0. The number of amides is 1. The average Bonchev–Trinajstić information content (AvgIpc) is 3.73. The lowest BCUT2D eigenvalue weighted by molar-refractivity contribution is -0.202. The molecule has 4 aliphatic heterocycles. The molecule has 0 unspecified atom stereocenters.